The molecule has 2 nitrogen and oxygen atoms in total. The molecule has 2 heteroatoms. The fraction of sp³-hybridized carbons (Fsp3) is 0.192. The van der Waals surface area contributed by atoms with E-state index in [9.17, 15) is 0 Å². The van der Waals surface area contributed by atoms with Gasteiger partial charge in [-0.3, -0.25) is 0 Å². The summed E-state index contributed by atoms with van der Waals surface area (Å²) in [5.74, 6) is 0. The lowest BCUT2D eigenvalue weighted by molar-refractivity contribution is -0.351. The average Bonchev–Trinajstić information content (AvgIpc) is 3.20. The molecule has 2 aliphatic rings. The molecule has 0 bridgehead atoms. The topological polar surface area (TPSA) is 6.25 Å². The Bertz CT molecular complexity index is 1030. The maximum atomic E-state index is 2.30. The summed E-state index contributed by atoms with van der Waals surface area (Å²) >= 11 is 0. The Balaban J connectivity index is 1.41. The maximum absolute atomic E-state index is 2.30. The Kier molecular flexibility index (Phi) is 4.87. The zero-order valence-electron chi connectivity index (χ0n) is 16.8. The maximum Gasteiger partial charge on any atom is 0.214 e. The molecule has 4 rings (SSSR count). The van der Waals surface area contributed by atoms with E-state index in [1.807, 2.05) is 0 Å². The number of allylic oxidation sites excluding steroid dienone is 7. The number of para-hydroxylation sites is 2. The molecule has 2 aliphatic heterocycles. The number of anilines is 1. The third-order valence-electron chi connectivity index (χ3n) is 5.66. The lowest BCUT2D eigenvalue weighted by Crippen LogP contribution is -2.22. The number of likely N-dealkylation sites (N-methyl/N-ethyl adjacent to an activating group) is 1. The smallest absolute Gasteiger partial charge is 0.214 e. The van der Waals surface area contributed by atoms with Crippen molar-refractivity contribution in [1.82, 2.24) is 0 Å². The van der Waals surface area contributed by atoms with E-state index in [1.54, 1.807) is 0 Å². The van der Waals surface area contributed by atoms with E-state index in [-0.39, 0.29) is 5.41 Å². The number of nitrogens with zero attached hydrogens (tertiary/aromatic N) is 2. The Labute approximate surface area is 168 Å². The van der Waals surface area contributed by atoms with Gasteiger partial charge >= 0.3 is 0 Å². The highest BCUT2D eigenvalue weighted by Gasteiger charge is 2.37. The number of hydrogen-bond acceptors (Lipinski definition) is 1. The van der Waals surface area contributed by atoms with Crippen molar-refractivity contribution in [1.29, 1.82) is 0 Å². The van der Waals surface area contributed by atoms with Crippen LogP contribution in [0.2, 0.25) is 0 Å². The molecule has 0 saturated heterocycles. The molecule has 0 unspecified atom stereocenters. The molecule has 0 spiro atoms. The molecule has 2 aromatic carbocycles. The first-order valence-corrected chi connectivity index (χ1v) is 9.84. The summed E-state index contributed by atoms with van der Waals surface area (Å²) in [4.78, 5) is 2.30. The van der Waals surface area contributed by atoms with E-state index in [2.05, 4.69) is 128 Å². The Hall–Kier alpha value is -3.13. The van der Waals surface area contributed by atoms with Gasteiger partial charge < -0.3 is 4.90 Å². The quantitative estimate of drug-likeness (QED) is 0.482. The third kappa shape index (κ3) is 3.27. The number of fused-ring (bicyclic) bond motifs is 2. The van der Waals surface area contributed by atoms with Crippen molar-refractivity contribution in [3.63, 3.8) is 0 Å². The molecule has 0 radical (unpaired) electrons. The van der Waals surface area contributed by atoms with Gasteiger partial charge in [0.2, 0.25) is 5.69 Å². The molecule has 28 heavy (non-hydrogen) atoms. The van der Waals surface area contributed by atoms with Crippen LogP contribution in [0.5, 0.6) is 0 Å². The molecular formula is C26H27N2+. The van der Waals surface area contributed by atoms with Gasteiger partial charge in [0.1, 0.15) is 0 Å². The van der Waals surface area contributed by atoms with Crippen LogP contribution in [0.4, 0.5) is 11.4 Å². The molecule has 0 saturated carbocycles. The first kappa shape index (κ1) is 18.2. The lowest BCUT2D eigenvalue weighted by atomic mass is 9.84. The van der Waals surface area contributed by atoms with Crippen molar-refractivity contribution in [3.05, 3.63) is 108 Å². The first-order valence-electron chi connectivity index (χ1n) is 9.84. The van der Waals surface area contributed by atoms with Gasteiger partial charge in [-0.05, 0) is 17.7 Å². The predicted octanol–water partition coefficient (Wildman–Crippen LogP) is 5.90. The van der Waals surface area contributed by atoms with Gasteiger partial charge in [-0.15, -0.1) is 0 Å². The first-order chi connectivity index (χ1) is 13.6. The summed E-state index contributed by atoms with van der Waals surface area (Å²) in [6.07, 6.45) is 18.0. The fourth-order valence-electron chi connectivity index (χ4n) is 4.15. The highest BCUT2D eigenvalue weighted by Crippen LogP contribution is 2.46. The molecule has 2 aromatic rings. The number of hydrogen-bond donors (Lipinski definition) is 0. The molecule has 0 aliphatic carbocycles. The number of benzene rings is 2. The molecule has 0 aromatic heterocycles. The van der Waals surface area contributed by atoms with Gasteiger partial charge in [0, 0.05) is 41.6 Å². The van der Waals surface area contributed by atoms with Gasteiger partial charge in [-0.2, -0.15) is 4.58 Å². The van der Waals surface area contributed by atoms with Crippen LogP contribution in [-0.2, 0) is 11.8 Å². The second-order valence-electron chi connectivity index (χ2n) is 7.79. The predicted molar refractivity (Wildman–Crippen MR) is 120 cm³/mol. The molecule has 2 heterocycles. The molecule has 0 N–H and O–H groups in total. The van der Waals surface area contributed by atoms with Crippen LogP contribution in [0, 0.1) is 0 Å². The van der Waals surface area contributed by atoms with Gasteiger partial charge in [-0.25, -0.2) is 0 Å². The van der Waals surface area contributed by atoms with Crippen molar-refractivity contribution < 1.29 is 4.58 Å². The highest BCUT2D eigenvalue weighted by molar-refractivity contribution is 5.70. The zero-order valence-corrected chi connectivity index (χ0v) is 16.8. The van der Waals surface area contributed by atoms with Crippen molar-refractivity contribution in [3.8, 4) is 0 Å². The third-order valence-corrected chi connectivity index (χ3v) is 5.66. The lowest BCUT2D eigenvalue weighted by Gasteiger charge is -2.23. The molecular weight excluding hydrogens is 340 g/mol. The minimum atomic E-state index is 0.0261. The van der Waals surface area contributed by atoms with Crippen molar-refractivity contribution in [2.24, 2.45) is 0 Å². The molecule has 0 amide bonds. The van der Waals surface area contributed by atoms with Crippen molar-refractivity contribution >= 4 is 17.6 Å². The van der Waals surface area contributed by atoms with Crippen molar-refractivity contribution in [2.45, 2.75) is 25.7 Å². The van der Waals surface area contributed by atoms with Gasteiger partial charge in [0.15, 0.2) is 12.4 Å². The van der Waals surface area contributed by atoms with Crippen LogP contribution in [0.15, 0.2) is 96.9 Å². The summed E-state index contributed by atoms with van der Waals surface area (Å²) in [5.41, 5.74) is 6.69. The minimum absolute atomic E-state index is 0.0261. The monoisotopic (exact) mass is 367 g/mol. The van der Waals surface area contributed by atoms with Gasteiger partial charge in [0.25, 0.3) is 0 Å². The van der Waals surface area contributed by atoms with Crippen LogP contribution in [0.1, 0.15) is 25.0 Å². The average molecular weight is 368 g/mol. The Morgan fingerprint density at radius 1 is 0.893 bits per heavy atom. The van der Waals surface area contributed by atoms with Crippen molar-refractivity contribution in [2.75, 3.05) is 11.9 Å². The van der Waals surface area contributed by atoms with Crippen LogP contribution in [0.3, 0.4) is 0 Å². The van der Waals surface area contributed by atoms with E-state index >= 15 is 0 Å². The number of rotatable bonds is 4. The van der Waals surface area contributed by atoms with Crippen LogP contribution < -0.4 is 4.90 Å². The SMILES string of the molecule is CN1C(=CC=CC=CC=C[N+]2=CCc3ccccc32)C(C)(C)c2ccccc21. The second-order valence-corrected chi connectivity index (χ2v) is 7.79. The normalized spacial score (nSPS) is 19.2. The van der Waals surface area contributed by atoms with Crippen LogP contribution >= 0.6 is 0 Å². The van der Waals surface area contributed by atoms with Crippen LogP contribution in [-0.4, -0.2) is 17.8 Å². The van der Waals surface area contributed by atoms with E-state index in [0.29, 0.717) is 0 Å². The van der Waals surface area contributed by atoms with E-state index in [1.165, 1.54) is 28.2 Å². The summed E-state index contributed by atoms with van der Waals surface area (Å²) in [6, 6.07) is 17.2. The van der Waals surface area contributed by atoms with Crippen LogP contribution in [0.25, 0.3) is 0 Å². The standard InChI is InChI=1S/C26H27N2/c1-26(2)22-14-9-11-16-24(22)27(3)25(26)17-7-5-4-6-12-19-28-20-18-21-13-8-10-15-23(21)28/h4-17,19-20H,18H2,1-3H3/q+1. The molecule has 140 valence electrons. The van der Waals surface area contributed by atoms with E-state index < -0.39 is 0 Å². The Morgan fingerprint density at radius 3 is 2.46 bits per heavy atom. The summed E-state index contributed by atoms with van der Waals surface area (Å²) in [7, 11) is 2.15. The highest BCUT2D eigenvalue weighted by atomic mass is 15.2. The van der Waals surface area contributed by atoms with E-state index in [0.717, 1.165) is 6.42 Å². The zero-order chi connectivity index (χ0) is 19.6. The summed E-state index contributed by atoms with van der Waals surface area (Å²) in [5, 5.41) is 0. The Morgan fingerprint density at radius 2 is 1.61 bits per heavy atom. The van der Waals surface area contributed by atoms with Gasteiger partial charge in [0.05, 0.1) is 6.42 Å². The molecule has 0 fully saturated rings. The fourth-order valence-corrected chi connectivity index (χ4v) is 4.15. The largest absolute Gasteiger partial charge is 0.347 e. The molecule has 0 atom stereocenters. The summed E-state index contributed by atoms with van der Waals surface area (Å²) in [6.45, 7) is 4.58. The summed E-state index contributed by atoms with van der Waals surface area (Å²) < 4.78 is 2.19. The van der Waals surface area contributed by atoms with Gasteiger partial charge in [-0.1, -0.05) is 74.5 Å². The minimum Gasteiger partial charge on any atom is -0.347 e. The second kappa shape index (κ2) is 7.47. The van der Waals surface area contributed by atoms with E-state index in [4.69, 9.17) is 0 Å².